The van der Waals surface area contributed by atoms with Crippen molar-refractivity contribution in [1.82, 2.24) is 10.3 Å². The molecule has 0 unspecified atom stereocenters. The zero-order valence-electron chi connectivity index (χ0n) is 10.1. The van der Waals surface area contributed by atoms with Gasteiger partial charge in [-0.15, -0.1) is 0 Å². The summed E-state index contributed by atoms with van der Waals surface area (Å²) in [5, 5.41) is 3.68. The lowest BCUT2D eigenvalue weighted by Gasteiger charge is -2.21. The molecule has 18 heavy (non-hydrogen) atoms. The second-order valence-electron chi connectivity index (χ2n) is 4.65. The summed E-state index contributed by atoms with van der Waals surface area (Å²) in [6.07, 6.45) is 2.18. The molecule has 0 bridgehead atoms. The van der Waals surface area contributed by atoms with Gasteiger partial charge in [-0.05, 0) is 44.0 Å². The quantitative estimate of drug-likeness (QED) is 0.920. The summed E-state index contributed by atoms with van der Waals surface area (Å²) in [6, 6.07) is 7.54. The fourth-order valence-electron chi connectivity index (χ4n) is 2.28. The summed E-state index contributed by atoms with van der Waals surface area (Å²) in [4.78, 5) is 4.30. The third-order valence-corrected chi connectivity index (χ3v) is 4.65. The third kappa shape index (κ3) is 2.47. The van der Waals surface area contributed by atoms with Crippen LogP contribution < -0.4 is 5.32 Å². The van der Waals surface area contributed by atoms with Gasteiger partial charge >= 0.3 is 0 Å². The highest BCUT2D eigenvalue weighted by Gasteiger charge is 2.20. The molecule has 1 aromatic heterocycles. The third-order valence-electron chi connectivity index (χ3n) is 3.31. The highest BCUT2D eigenvalue weighted by atomic mass is 32.2. The van der Waals surface area contributed by atoms with Crippen molar-refractivity contribution in [3.8, 4) is 0 Å². The fraction of sp³-hybridized carbons (Fsp3) is 0.462. The molecule has 4 nitrogen and oxygen atoms in total. The van der Waals surface area contributed by atoms with E-state index in [1.165, 1.54) is 0 Å². The summed E-state index contributed by atoms with van der Waals surface area (Å²) in [6.45, 7) is 2.05. The Labute approximate surface area is 108 Å². The minimum Gasteiger partial charge on any atom is -0.430 e. The minimum absolute atomic E-state index is 0.370. The van der Waals surface area contributed by atoms with Crippen molar-refractivity contribution in [3.63, 3.8) is 0 Å². The van der Waals surface area contributed by atoms with Crippen molar-refractivity contribution in [2.24, 2.45) is 5.92 Å². The Balaban J connectivity index is 1.74. The molecule has 1 aliphatic heterocycles. The maximum Gasteiger partial charge on any atom is 0.287 e. The Morgan fingerprint density at radius 2 is 2.11 bits per heavy atom. The molecule has 0 radical (unpaired) electrons. The Bertz CT molecular complexity index is 528. The van der Waals surface area contributed by atoms with E-state index in [-0.39, 0.29) is 0 Å². The number of benzene rings is 1. The molecular formula is C13H16N2O2S. The van der Waals surface area contributed by atoms with Gasteiger partial charge in [-0.1, -0.05) is 12.1 Å². The van der Waals surface area contributed by atoms with E-state index in [1.54, 1.807) is 0 Å². The Morgan fingerprint density at radius 3 is 2.89 bits per heavy atom. The number of hydrogen-bond acceptors (Lipinski definition) is 4. The van der Waals surface area contributed by atoms with Crippen LogP contribution in [0.1, 0.15) is 12.8 Å². The standard InChI is InChI=1S/C13H16N2O2S/c16-18(9-10-5-7-14-8-6-10)13-15-11-3-1-2-4-12(11)17-13/h1-4,10,14H,5-9H2/t18-/m0/s1. The zero-order chi connectivity index (χ0) is 12.4. The first kappa shape index (κ1) is 11.9. The lowest BCUT2D eigenvalue weighted by molar-refractivity contribution is 0.401. The van der Waals surface area contributed by atoms with Crippen molar-refractivity contribution in [2.75, 3.05) is 18.8 Å². The van der Waals surface area contributed by atoms with Gasteiger partial charge in [0.05, 0.1) is 0 Å². The second kappa shape index (κ2) is 5.20. The van der Waals surface area contributed by atoms with E-state index in [0.717, 1.165) is 31.4 Å². The van der Waals surface area contributed by atoms with Gasteiger partial charge in [0.2, 0.25) is 0 Å². The Morgan fingerprint density at radius 1 is 1.33 bits per heavy atom. The highest BCUT2D eigenvalue weighted by molar-refractivity contribution is 7.84. The molecule has 5 heteroatoms. The molecule has 2 heterocycles. The molecule has 0 spiro atoms. The topological polar surface area (TPSA) is 55.1 Å². The number of nitrogens with one attached hydrogen (secondary N) is 1. The van der Waals surface area contributed by atoms with Crippen LogP contribution in [0.3, 0.4) is 0 Å². The molecule has 1 fully saturated rings. The average molecular weight is 264 g/mol. The first-order valence-electron chi connectivity index (χ1n) is 6.27. The van der Waals surface area contributed by atoms with Crippen LogP contribution in [0, 0.1) is 5.92 Å². The number of fused-ring (bicyclic) bond motifs is 1. The predicted octanol–water partition coefficient (Wildman–Crippen LogP) is 1.93. The molecule has 0 aliphatic carbocycles. The normalized spacial score (nSPS) is 19.1. The van der Waals surface area contributed by atoms with E-state index >= 15 is 0 Å². The SMILES string of the molecule is O=[S@@](CC1CCNCC1)c1nc2ccccc2o1. The van der Waals surface area contributed by atoms with E-state index in [4.69, 9.17) is 4.42 Å². The van der Waals surface area contributed by atoms with E-state index in [2.05, 4.69) is 10.3 Å². The molecular weight excluding hydrogens is 248 g/mol. The summed E-state index contributed by atoms with van der Waals surface area (Å²) >= 11 is 0. The molecule has 96 valence electrons. The van der Waals surface area contributed by atoms with Gasteiger partial charge in [-0.2, -0.15) is 0 Å². The number of aromatic nitrogens is 1. The molecule has 1 atom stereocenters. The van der Waals surface area contributed by atoms with Crippen molar-refractivity contribution in [2.45, 2.75) is 18.1 Å². The van der Waals surface area contributed by atoms with Crippen LogP contribution in [0.25, 0.3) is 11.1 Å². The van der Waals surface area contributed by atoms with Crippen LogP contribution >= 0.6 is 0 Å². The van der Waals surface area contributed by atoms with Gasteiger partial charge in [-0.3, -0.25) is 0 Å². The summed E-state index contributed by atoms with van der Waals surface area (Å²) in [7, 11) is -1.12. The zero-order valence-corrected chi connectivity index (χ0v) is 10.9. The maximum atomic E-state index is 12.2. The lowest BCUT2D eigenvalue weighted by Crippen LogP contribution is -2.30. The smallest absolute Gasteiger partial charge is 0.287 e. The first-order chi connectivity index (χ1) is 8.83. The van der Waals surface area contributed by atoms with Gasteiger partial charge in [0.1, 0.15) is 16.3 Å². The van der Waals surface area contributed by atoms with Crippen LogP contribution in [-0.2, 0) is 10.8 Å². The molecule has 1 aromatic carbocycles. The van der Waals surface area contributed by atoms with Gasteiger partial charge < -0.3 is 9.73 Å². The van der Waals surface area contributed by atoms with E-state index in [0.29, 0.717) is 22.5 Å². The molecule has 1 N–H and O–H groups in total. The van der Waals surface area contributed by atoms with E-state index in [1.807, 2.05) is 24.3 Å². The van der Waals surface area contributed by atoms with Crippen LogP contribution in [0.15, 0.2) is 33.9 Å². The maximum absolute atomic E-state index is 12.2. The van der Waals surface area contributed by atoms with Crippen molar-refractivity contribution < 1.29 is 8.63 Å². The predicted molar refractivity (Wildman–Crippen MR) is 70.9 cm³/mol. The lowest BCUT2D eigenvalue weighted by atomic mass is 10.0. The van der Waals surface area contributed by atoms with Crippen LogP contribution in [0.2, 0.25) is 0 Å². The highest BCUT2D eigenvalue weighted by Crippen LogP contribution is 2.20. The van der Waals surface area contributed by atoms with E-state index in [9.17, 15) is 4.21 Å². The first-order valence-corrected chi connectivity index (χ1v) is 7.59. The summed E-state index contributed by atoms with van der Waals surface area (Å²) in [5.74, 6) is 1.18. The molecule has 2 aromatic rings. The number of oxazole rings is 1. The number of rotatable bonds is 3. The monoisotopic (exact) mass is 264 g/mol. The van der Waals surface area contributed by atoms with Crippen molar-refractivity contribution in [3.05, 3.63) is 24.3 Å². The van der Waals surface area contributed by atoms with Crippen molar-refractivity contribution in [1.29, 1.82) is 0 Å². The van der Waals surface area contributed by atoms with Crippen molar-refractivity contribution >= 4 is 21.9 Å². The number of hydrogen-bond donors (Lipinski definition) is 1. The fourth-order valence-corrected chi connectivity index (χ4v) is 3.57. The Hall–Kier alpha value is -1.20. The van der Waals surface area contributed by atoms with Crippen LogP contribution in [0.5, 0.6) is 0 Å². The summed E-state index contributed by atoms with van der Waals surface area (Å²) in [5.41, 5.74) is 1.50. The van der Waals surface area contributed by atoms with Gasteiger partial charge in [0.15, 0.2) is 5.58 Å². The summed E-state index contributed by atoms with van der Waals surface area (Å²) < 4.78 is 17.8. The molecule has 1 saturated heterocycles. The van der Waals surface area contributed by atoms with Gasteiger partial charge in [0, 0.05) is 5.75 Å². The van der Waals surface area contributed by atoms with E-state index < -0.39 is 10.8 Å². The number of piperidine rings is 1. The van der Waals surface area contributed by atoms with Gasteiger partial charge in [-0.25, -0.2) is 9.19 Å². The average Bonchev–Trinajstić information content (AvgIpc) is 2.84. The minimum atomic E-state index is -1.12. The van der Waals surface area contributed by atoms with Crippen LogP contribution in [0.4, 0.5) is 0 Å². The Kier molecular flexibility index (Phi) is 3.43. The van der Waals surface area contributed by atoms with Crippen LogP contribution in [-0.4, -0.2) is 28.0 Å². The second-order valence-corrected chi connectivity index (χ2v) is 6.03. The number of para-hydroxylation sites is 2. The molecule has 3 rings (SSSR count). The van der Waals surface area contributed by atoms with Gasteiger partial charge in [0.25, 0.3) is 5.22 Å². The molecule has 0 amide bonds. The largest absolute Gasteiger partial charge is 0.430 e. The molecule has 0 saturated carbocycles. The molecule has 1 aliphatic rings. The number of nitrogens with zero attached hydrogens (tertiary/aromatic N) is 1.